The van der Waals surface area contributed by atoms with E-state index >= 15 is 0 Å². The van der Waals surface area contributed by atoms with Crippen molar-refractivity contribution in [3.05, 3.63) is 108 Å². The Morgan fingerprint density at radius 2 is 1.14 bits per heavy atom. The number of halogens is 1. The van der Waals surface area contributed by atoms with Crippen LogP contribution in [0, 0.1) is 5.41 Å². The van der Waals surface area contributed by atoms with Gasteiger partial charge in [-0.05, 0) is 47.5 Å². The van der Waals surface area contributed by atoms with Crippen LogP contribution in [0.2, 0.25) is 0 Å². The van der Waals surface area contributed by atoms with E-state index in [0.717, 1.165) is 6.21 Å². The first-order valence-electron chi connectivity index (χ1n) is 8.74. The molecule has 0 bridgehead atoms. The molecular weight excluding hydrogens is 507 g/mol. The third kappa shape index (κ3) is 16.6. The molecule has 3 aromatic heterocycles. The van der Waals surface area contributed by atoms with Gasteiger partial charge in [-0.3, -0.25) is 14.5 Å². The zero-order valence-electron chi connectivity index (χ0n) is 18.3. The fourth-order valence-electron chi connectivity index (χ4n) is 1.83. The third-order valence-electron chi connectivity index (χ3n) is 3.13. The molecule has 3 aromatic rings. The number of hydrogen-bond acceptors (Lipinski definition) is 8. The molecule has 3 rings (SSSR count). The fourth-order valence-corrected chi connectivity index (χ4v) is 1.98. The molecule has 0 atom stereocenters. The minimum Gasteiger partial charge on any atom is -0.460 e. The van der Waals surface area contributed by atoms with Gasteiger partial charge in [0, 0.05) is 9.82 Å². The summed E-state index contributed by atoms with van der Waals surface area (Å²) in [6.45, 7) is 0.342. The van der Waals surface area contributed by atoms with Crippen molar-refractivity contribution in [2.45, 2.75) is 26.4 Å². The largest absolute Gasteiger partial charge is 1.00 e. The van der Waals surface area contributed by atoms with Gasteiger partial charge in [-0.25, -0.2) is 0 Å². The summed E-state index contributed by atoms with van der Waals surface area (Å²) < 4.78 is 14.8. The first-order chi connectivity index (χ1) is 16.5. The molecule has 0 fully saturated rings. The van der Waals surface area contributed by atoms with Crippen LogP contribution >= 0.6 is 11.6 Å². The summed E-state index contributed by atoms with van der Waals surface area (Å²) in [7, 11) is 0. The SMILES string of the molecule is C.O=Cc1ccc(CCl)o1.[N-]=[N+]=NCc1ccc(C=N)o1.[N-]=[N+]=NCc1ccc(C=O)o1.[N-]=[N+]=[N-].[Na+]. The van der Waals surface area contributed by atoms with Gasteiger partial charge < -0.3 is 29.7 Å². The Kier molecular flexibility index (Phi) is 24.6. The molecule has 36 heavy (non-hydrogen) atoms. The predicted molar refractivity (Wildman–Crippen MR) is 127 cm³/mol. The molecule has 0 aromatic carbocycles. The van der Waals surface area contributed by atoms with Crippen LogP contribution in [-0.4, -0.2) is 18.8 Å². The van der Waals surface area contributed by atoms with Crippen molar-refractivity contribution in [1.29, 1.82) is 5.41 Å². The average molecular weight is 527 g/mol. The van der Waals surface area contributed by atoms with Crippen LogP contribution in [0.25, 0.3) is 36.9 Å². The number of furan rings is 3. The number of nitrogens with one attached hydrogen (secondary N) is 1. The second-order valence-corrected chi connectivity index (χ2v) is 5.56. The van der Waals surface area contributed by atoms with Gasteiger partial charge >= 0.3 is 29.6 Å². The zero-order valence-corrected chi connectivity index (χ0v) is 21.0. The standard InChI is InChI=1S/C6H5ClO2.C6H6N4O.C6H5N3O2.CH4.N3.Na/c7-3-5-1-2-6(4-8)9-5;7-3-5-1-2-6(11-5)4-9-10-8;7-9-8-3-5-1-2-6(4-10)11-5;;1-3-2;/h1-2,4H,3H2;1-3,7H,4H2;1-2,4H,3H2;1H4;;/q;;;;-1;+1. The number of hydrogen-bond donors (Lipinski definition) is 1. The molecule has 184 valence electrons. The number of alkyl halides is 1. The summed E-state index contributed by atoms with van der Waals surface area (Å²) in [4.78, 5) is 26.7. The van der Waals surface area contributed by atoms with E-state index in [0.29, 0.717) is 47.3 Å². The van der Waals surface area contributed by atoms with Crippen molar-refractivity contribution in [2.24, 2.45) is 10.2 Å². The Labute approximate surface area is 231 Å². The molecule has 0 spiro atoms. The number of carbonyl (C=O) groups is 2. The van der Waals surface area contributed by atoms with Crippen molar-refractivity contribution in [1.82, 2.24) is 0 Å². The third-order valence-corrected chi connectivity index (χ3v) is 3.40. The van der Waals surface area contributed by atoms with Crippen molar-refractivity contribution in [2.75, 3.05) is 0 Å². The Morgan fingerprint density at radius 3 is 1.42 bits per heavy atom. The van der Waals surface area contributed by atoms with Crippen LogP contribution in [0.4, 0.5) is 0 Å². The summed E-state index contributed by atoms with van der Waals surface area (Å²) in [6.07, 6.45) is 2.34. The van der Waals surface area contributed by atoms with Crippen LogP contribution in [0.15, 0.2) is 59.9 Å². The number of nitrogens with zero attached hydrogens (tertiary/aromatic N) is 9. The fraction of sp³-hybridized carbons (Fsp3) is 0.211. The number of rotatable bonds is 8. The van der Waals surface area contributed by atoms with E-state index in [2.05, 4.69) is 20.1 Å². The van der Waals surface area contributed by atoms with Crippen molar-refractivity contribution in [3.63, 3.8) is 0 Å². The molecule has 17 heteroatoms. The average Bonchev–Trinajstić information content (AvgIpc) is 3.63. The van der Waals surface area contributed by atoms with Gasteiger partial charge in [-0.15, -0.1) is 11.6 Å². The van der Waals surface area contributed by atoms with Gasteiger partial charge in [0.15, 0.2) is 24.1 Å². The van der Waals surface area contributed by atoms with Gasteiger partial charge in [0.1, 0.15) is 23.0 Å². The normalized spacial score (nSPS) is 7.92. The van der Waals surface area contributed by atoms with Gasteiger partial charge in [-0.2, -0.15) is 0 Å². The van der Waals surface area contributed by atoms with Crippen LogP contribution in [-0.2, 0) is 19.0 Å². The Bertz CT molecular complexity index is 1110. The summed E-state index contributed by atoms with van der Waals surface area (Å²) in [5.41, 5.74) is 29.4. The number of aldehydes is 2. The summed E-state index contributed by atoms with van der Waals surface area (Å²) >= 11 is 5.39. The maximum absolute atomic E-state index is 10.1. The molecule has 0 saturated carbocycles. The summed E-state index contributed by atoms with van der Waals surface area (Å²) in [5.74, 6) is 3.03. The minimum atomic E-state index is 0. The van der Waals surface area contributed by atoms with E-state index < -0.39 is 0 Å². The molecule has 0 amide bonds. The first kappa shape index (κ1) is 36.6. The molecule has 0 aliphatic carbocycles. The van der Waals surface area contributed by atoms with Crippen LogP contribution in [0.3, 0.4) is 0 Å². The molecule has 0 saturated heterocycles. The molecule has 15 nitrogen and oxygen atoms in total. The molecule has 0 unspecified atom stereocenters. The van der Waals surface area contributed by atoms with Crippen LogP contribution in [0.1, 0.15) is 51.6 Å². The van der Waals surface area contributed by atoms with E-state index in [1.165, 1.54) is 11.0 Å². The van der Waals surface area contributed by atoms with Crippen molar-refractivity contribution < 1.29 is 52.4 Å². The quantitative estimate of drug-likeness (QED) is 0.0851. The molecule has 0 radical (unpaired) electrons. The van der Waals surface area contributed by atoms with Gasteiger partial charge in [0.25, 0.3) is 0 Å². The molecule has 0 aliphatic heterocycles. The topological polar surface area (TPSA) is 254 Å². The second-order valence-electron chi connectivity index (χ2n) is 5.29. The second kappa shape index (κ2) is 24.2. The molecule has 1 N–H and O–H groups in total. The van der Waals surface area contributed by atoms with Gasteiger partial charge in [-0.1, -0.05) is 17.7 Å². The zero-order chi connectivity index (χ0) is 25.6. The first-order valence-corrected chi connectivity index (χ1v) is 9.28. The Balaban J connectivity index is -0.000000420. The Morgan fingerprint density at radius 1 is 0.778 bits per heavy atom. The van der Waals surface area contributed by atoms with Gasteiger partial charge in [0.2, 0.25) is 0 Å². The minimum absolute atomic E-state index is 0. The number of azide groups is 2. The maximum atomic E-state index is 10.1. The van der Waals surface area contributed by atoms with E-state index in [-0.39, 0.29) is 55.8 Å². The summed E-state index contributed by atoms with van der Waals surface area (Å²) in [6, 6.07) is 9.71. The smallest absolute Gasteiger partial charge is 0.460 e. The van der Waals surface area contributed by atoms with E-state index in [4.69, 9.17) is 52.4 Å². The molecular formula is C19H20ClN10NaO5. The Hall–Kier alpha value is -3.93. The summed E-state index contributed by atoms with van der Waals surface area (Å²) in [5, 5.41) is 13.4. The van der Waals surface area contributed by atoms with Crippen LogP contribution in [0.5, 0.6) is 0 Å². The van der Waals surface area contributed by atoms with Gasteiger partial charge in [0.05, 0.1) is 25.2 Å². The van der Waals surface area contributed by atoms with Crippen molar-refractivity contribution in [3.8, 4) is 0 Å². The van der Waals surface area contributed by atoms with Crippen molar-refractivity contribution >= 4 is 30.4 Å². The maximum Gasteiger partial charge on any atom is 1.00 e. The predicted octanol–water partition coefficient (Wildman–Crippen LogP) is 4.33. The van der Waals surface area contributed by atoms with Crippen LogP contribution < -0.4 is 29.6 Å². The van der Waals surface area contributed by atoms with E-state index in [1.807, 2.05) is 0 Å². The van der Waals surface area contributed by atoms with E-state index in [9.17, 15) is 9.59 Å². The number of carbonyl (C=O) groups excluding carboxylic acids is 2. The van der Waals surface area contributed by atoms with E-state index in [1.54, 1.807) is 30.3 Å². The monoisotopic (exact) mass is 526 g/mol. The molecule has 3 heterocycles. The molecule has 0 aliphatic rings.